The molecule has 6 nitrogen and oxygen atoms in total. The van der Waals surface area contributed by atoms with Crippen LogP contribution in [0, 0.1) is 6.92 Å². The Morgan fingerprint density at radius 2 is 2.05 bits per heavy atom. The van der Waals surface area contributed by atoms with Gasteiger partial charge in [0.05, 0.1) is 4.90 Å². The minimum Gasteiger partial charge on any atom is -0.366 e. The van der Waals surface area contributed by atoms with E-state index in [2.05, 4.69) is 10.0 Å². The molecule has 0 saturated heterocycles. The first-order chi connectivity index (χ1) is 9.90. The third kappa shape index (κ3) is 4.52. The minimum atomic E-state index is -3.60. The summed E-state index contributed by atoms with van der Waals surface area (Å²) in [6.07, 6.45) is 3.15. The van der Waals surface area contributed by atoms with E-state index in [1.165, 1.54) is 25.0 Å². The van der Waals surface area contributed by atoms with Gasteiger partial charge in [-0.05, 0) is 50.4 Å². The van der Waals surface area contributed by atoms with Crippen LogP contribution in [0.5, 0.6) is 0 Å². The third-order valence-electron chi connectivity index (χ3n) is 3.44. The normalized spacial score (nSPS) is 15.1. The highest BCUT2D eigenvalue weighted by molar-refractivity contribution is 7.89. The van der Waals surface area contributed by atoms with Crippen LogP contribution in [0.2, 0.25) is 0 Å². The van der Waals surface area contributed by atoms with Crippen LogP contribution in [0.3, 0.4) is 0 Å². The molecule has 0 spiro atoms. The minimum absolute atomic E-state index is 0.0667. The summed E-state index contributed by atoms with van der Waals surface area (Å²) in [5, 5.41) is 3.32. The van der Waals surface area contributed by atoms with Crippen molar-refractivity contribution in [3.05, 3.63) is 29.3 Å². The quantitative estimate of drug-likeness (QED) is 0.609. The fourth-order valence-electron chi connectivity index (χ4n) is 2.01. The molecule has 116 valence electrons. The van der Waals surface area contributed by atoms with Gasteiger partial charge >= 0.3 is 0 Å². The van der Waals surface area contributed by atoms with Gasteiger partial charge in [0.2, 0.25) is 15.9 Å². The number of primary amides is 1. The van der Waals surface area contributed by atoms with Crippen LogP contribution in [-0.2, 0) is 10.0 Å². The van der Waals surface area contributed by atoms with Gasteiger partial charge in [-0.2, -0.15) is 0 Å². The summed E-state index contributed by atoms with van der Waals surface area (Å²) in [6.45, 7) is 2.88. The number of hydrogen-bond donors (Lipinski definition) is 3. The highest BCUT2D eigenvalue weighted by Crippen LogP contribution is 2.18. The molecule has 1 aromatic rings. The fourth-order valence-corrected chi connectivity index (χ4v) is 3.11. The van der Waals surface area contributed by atoms with E-state index in [0.29, 0.717) is 18.2 Å². The van der Waals surface area contributed by atoms with Crippen molar-refractivity contribution in [2.24, 2.45) is 5.73 Å². The fraction of sp³-hybridized carbons (Fsp3) is 0.500. The molecule has 1 saturated carbocycles. The predicted octanol–water partition coefficient (Wildman–Crippen LogP) is 0.514. The Hall–Kier alpha value is -1.44. The number of nitrogens with two attached hydrogens (primary N) is 1. The molecule has 0 radical (unpaired) electrons. The third-order valence-corrected chi connectivity index (χ3v) is 4.90. The molecule has 0 aliphatic heterocycles. The van der Waals surface area contributed by atoms with Crippen molar-refractivity contribution in [1.82, 2.24) is 10.0 Å². The zero-order valence-electron chi connectivity index (χ0n) is 12.1. The van der Waals surface area contributed by atoms with E-state index < -0.39 is 15.9 Å². The van der Waals surface area contributed by atoms with Crippen molar-refractivity contribution < 1.29 is 13.2 Å². The number of benzene rings is 1. The molecule has 4 N–H and O–H groups in total. The Balaban J connectivity index is 1.94. The maximum atomic E-state index is 12.1. The summed E-state index contributed by atoms with van der Waals surface area (Å²) in [6, 6.07) is 5.01. The molecule has 7 heteroatoms. The van der Waals surface area contributed by atoms with Gasteiger partial charge in [0.25, 0.3) is 0 Å². The number of carbonyl (C=O) groups is 1. The van der Waals surface area contributed by atoms with Gasteiger partial charge in [0, 0.05) is 18.2 Å². The Bertz CT molecular complexity index is 624. The molecule has 21 heavy (non-hydrogen) atoms. The first kappa shape index (κ1) is 15.9. The molecule has 1 aromatic carbocycles. The lowest BCUT2D eigenvalue weighted by molar-refractivity contribution is 0.0999. The highest BCUT2D eigenvalue weighted by atomic mass is 32.2. The van der Waals surface area contributed by atoms with Gasteiger partial charge in [0.1, 0.15) is 0 Å². The number of rotatable bonds is 8. The van der Waals surface area contributed by atoms with Crippen LogP contribution in [0.4, 0.5) is 0 Å². The smallest absolute Gasteiger partial charge is 0.249 e. The number of sulfonamides is 1. The monoisotopic (exact) mass is 311 g/mol. The maximum absolute atomic E-state index is 12.1. The van der Waals surface area contributed by atoms with Gasteiger partial charge in [-0.15, -0.1) is 0 Å². The lowest BCUT2D eigenvalue weighted by Crippen LogP contribution is -2.28. The number of nitrogens with one attached hydrogen (secondary N) is 2. The van der Waals surface area contributed by atoms with Gasteiger partial charge in [-0.1, -0.05) is 6.07 Å². The highest BCUT2D eigenvalue weighted by Gasteiger charge is 2.20. The van der Waals surface area contributed by atoms with Crippen LogP contribution in [0.15, 0.2) is 23.1 Å². The molecular weight excluding hydrogens is 290 g/mol. The van der Waals surface area contributed by atoms with E-state index in [4.69, 9.17) is 5.73 Å². The zero-order valence-corrected chi connectivity index (χ0v) is 12.9. The zero-order chi connectivity index (χ0) is 15.5. The summed E-state index contributed by atoms with van der Waals surface area (Å²) in [4.78, 5) is 11.3. The number of carbonyl (C=O) groups excluding carboxylic acids is 1. The Morgan fingerprint density at radius 1 is 1.33 bits per heavy atom. The molecule has 0 aromatic heterocycles. The van der Waals surface area contributed by atoms with Crippen molar-refractivity contribution in [1.29, 1.82) is 0 Å². The standard InChI is InChI=1S/C14H21N3O3S/c1-10-3-6-12(9-13(10)14(15)18)21(19,20)17-8-2-7-16-11-4-5-11/h3,6,9,11,16-17H,2,4-5,7-8H2,1H3,(H2,15,18). The number of amides is 1. The van der Waals surface area contributed by atoms with Crippen LogP contribution in [-0.4, -0.2) is 33.5 Å². The van der Waals surface area contributed by atoms with Gasteiger partial charge in [-0.25, -0.2) is 13.1 Å². The predicted molar refractivity (Wildman–Crippen MR) is 80.5 cm³/mol. The van der Waals surface area contributed by atoms with E-state index in [0.717, 1.165) is 13.0 Å². The average Bonchev–Trinajstić information content (AvgIpc) is 3.22. The summed E-state index contributed by atoms with van der Waals surface area (Å²) in [7, 11) is -3.60. The van der Waals surface area contributed by atoms with Crippen LogP contribution < -0.4 is 15.8 Å². The lowest BCUT2D eigenvalue weighted by atomic mass is 10.1. The average molecular weight is 311 g/mol. The summed E-state index contributed by atoms with van der Waals surface area (Å²) in [5.41, 5.74) is 6.13. The second-order valence-electron chi connectivity index (χ2n) is 5.32. The number of hydrogen-bond acceptors (Lipinski definition) is 4. The largest absolute Gasteiger partial charge is 0.366 e. The first-order valence-corrected chi connectivity index (χ1v) is 8.52. The molecule has 1 aliphatic rings. The summed E-state index contributed by atoms with van der Waals surface area (Å²) >= 11 is 0. The van der Waals surface area contributed by atoms with E-state index in [9.17, 15) is 13.2 Å². The van der Waals surface area contributed by atoms with Gasteiger partial charge < -0.3 is 11.1 Å². The second kappa shape index (κ2) is 6.55. The lowest BCUT2D eigenvalue weighted by Gasteiger charge is -2.09. The van der Waals surface area contributed by atoms with Crippen molar-refractivity contribution in [3.8, 4) is 0 Å². The second-order valence-corrected chi connectivity index (χ2v) is 7.09. The van der Waals surface area contributed by atoms with Crippen molar-refractivity contribution >= 4 is 15.9 Å². The van der Waals surface area contributed by atoms with E-state index in [-0.39, 0.29) is 10.5 Å². The van der Waals surface area contributed by atoms with E-state index in [1.54, 1.807) is 13.0 Å². The van der Waals surface area contributed by atoms with Gasteiger partial charge in [-0.3, -0.25) is 4.79 Å². The molecule has 1 aliphatic carbocycles. The van der Waals surface area contributed by atoms with Crippen LogP contribution in [0.25, 0.3) is 0 Å². The number of aryl methyl sites for hydroxylation is 1. The summed E-state index contributed by atoms with van der Waals surface area (Å²) < 4.78 is 26.8. The topological polar surface area (TPSA) is 101 Å². The van der Waals surface area contributed by atoms with E-state index >= 15 is 0 Å². The Morgan fingerprint density at radius 3 is 2.67 bits per heavy atom. The molecular formula is C14H21N3O3S. The molecule has 1 fully saturated rings. The Labute approximate surface area is 125 Å². The maximum Gasteiger partial charge on any atom is 0.249 e. The SMILES string of the molecule is Cc1ccc(S(=O)(=O)NCCCNC2CC2)cc1C(N)=O. The van der Waals surface area contributed by atoms with Crippen molar-refractivity contribution in [2.45, 2.75) is 37.1 Å². The Kier molecular flexibility index (Phi) is 4.97. The molecule has 0 unspecified atom stereocenters. The molecule has 0 bridgehead atoms. The van der Waals surface area contributed by atoms with Crippen LogP contribution in [0.1, 0.15) is 35.2 Å². The van der Waals surface area contributed by atoms with Crippen LogP contribution >= 0.6 is 0 Å². The molecule has 2 rings (SSSR count). The summed E-state index contributed by atoms with van der Waals surface area (Å²) in [5.74, 6) is -0.627. The van der Waals surface area contributed by atoms with Crippen molar-refractivity contribution in [2.75, 3.05) is 13.1 Å². The molecule has 0 heterocycles. The molecule has 0 atom stereocenters. The van der Waals surface area contributed by atoms with Crippen molar-refractivity contribution in [3.63, 3.8) is 0 Å². The van der Waals surface area contributed by atoms with Gasteiger partial charge in [0.15, 0.2) is 0 Å². The molecule has 1 amide bonds. The first-order valence-electron chi connectivity index (χ1n) is 7.03. The van der Waals surface area contributed by atoms with E-state index in [1.807, 2.05) is 0 Å².